The van der Waals surface area contributed by atoms with Gasteiger partial charge in [-0.15, -0.1) is 0 Å². The van der Waals surface area contributed by atoms with Crippen LogP contribution in [0.2, 0.25) is 0 Å². The van der Waals surface area contributed by atoms with E-state index >= 15 is 0 Å². The second kappa shape index (κ2) is 6.98. The topological polar surface area (TPSA) is 105 Å². The van der Waals surface area contributed by atoms with E-state index in [1.54, 1.807) is 31.2 Å². The van der Waals surface area contributed by atoms with E-state index in [1.807, 2.05) is 0 Å². The summed E-state index contributed by atoms with van der Waals surface area (Å²) >= 11 is 0. The minimum atomic E-state index is -3.64. The summed E-state index contributed by atoms with van der Waals surface area (Å²) in [5.74, 6) is -0.469. The largest absolute Gasteiger partial charge is 0.380 e. The zero-order valence-electron chi connectivity index (χ0n) is 14.8. The van der Waals surface area contributed by atoms with Crippen molar-refractivity contribution in [2.24, 2.45) is 5.92 Å². The van der Waals surface area contributed by atoms with Crippen LogP contribution in [0.1, 0.15) is 25.3 Å². The molecule has 9 heteroatoms. The van der Waals surface area contributed by atoms with Crippen molar-refractivity contribution >= 4 is 22.0 Å². The summed E-state index contributed by atoms with van der Waals surface area (Å²) in [7, 11) is -2.12. The number of nitrogens with zero attached hydrogens (tertiary/aromatic N) is 1. The fraction of sp³-hybridized carbons (Fsp3) is 0.529. The number of urea groups is 1. The van der Waals surface area contributed by atoms with E-state index in [0.717, 1.165) is 0 Å². The molecular weight excluding hydrogens is 358 g/mol. The van der Waals surface area contributed by atoms with E-state index in [2.05, 4.69) is 10.6 Å². The Hall–Kier alpha value is -1.97. The van der Waals surface area contributed by atoms with Gasteiger partial charge >= 0.3 is 6.03 Å². The quantitative estimate of drug-likeness (QED) is 0.735. The third kappa shape index (κ3) is 3.22. The molecule has 2 heterocycles. The van der Waals surface area contributed by atoms with Crippen molar-refractivity contribution in [3.63, 3.8) is 0 Å². The van der Waals surface area contributed by atoms with Crippen molar-refractivity contribution in [1.82, 2.24) is 14.9 Å². The number of nitrogens with one attached hydrogen (secondary N) is 2. The molecule has 3 amide bonds. The summed E-state index contributed by atoms with van der Waals surface area (Å²) in [4.78, 5) is 23.8. The Bertz CT molecular complexity index is 817. The third-order valence-corrected chi connectivity index (χ3v) is 7.23. The van der Waals surface area contributed by atoms with Gasteiger partial charge in [-0.3, -0.25) is 10.1 Å². The highest BCUT2D eigenvalue weighted by molar-refractivity contribution is 7.89. The summed E-state index contributed by atoms with van der Waals surface area (Å²) in [6, 6.07) is 6.30. The molecule has 0 saturated carbocycles. The molecule has 2 fully saturated rings. The van der Waals surface area contributed by atoms with Crippen LogP contribution in [-0.2, 0) is 26.2 Å². The molecule has 1 atom stereocenters. The van der Waals surface area contributed by atoms with Gasteiger partial charge in [0.05, 0.1) is 11.5 Å². The van der Waals surface area contributed by atoms with Crippen LogP contribution in [0.3, 0.4) is 0 Å². The number of carbonyl (C=O) groups is 2. The maximum absolute atomic E-state index is 13.0. The van der Waals surface area contributed by atoms with E-state index in [4.69, 9.17) is 4.74 Å². The van der Waals surface area contributed by atoms with Crippen LogP contribution in [0.4, 0.5) is 4.79 Å². The lowest BCUT2D eigenvalue weighted by Crippen LogP contribution is -2.54. The second-order valence-electron chi connectivity index (χ2n) is 6.83. The summed E-state index contributed by atoms with van der Waals surface area (Å²) in [6.45, 7) is 2.51. The average molecular weight is 381 g/mol. The molecule has 0 radical (unpaired) electrons. The van der Waals surface area contributed by atoms with Crippen LogP contribution >= 0.6 is 0 Å². The van der Waals surface area contributed by atoms with Crippen molar-refractivity contribution in [2.75, 3.05) is 20.2 Å². The predicted molar refractivity (Wildman–Crippen MR) is 93.7 cm³/mol. The van der Waals surface area contributed by atoms with Gasteiger partial charge in [0, 0.05) is 20.2 Å². The molecule has 26 heavy (non-hydrogen) atoms. The fourth-order valence-electron chi connectivity index (χ4n) is 3.69. The molecule has 1 aromatic rings. The maximum Gasteiger partial charge on any atom is 0.322 e. The highest BCUT2D eigenvalue weighted by atomic mass is 32.2. The minimum absolute atomic E-state index is 0.116. The molecule has 0 spiro atoms. The van der Waals surface area contributed by atoms with E-state index in [-0.39, 0.29) is 23.3 Å². The summed E-state index contributed by atoms with van der Waals surface area (Å²) in [6.07, 6.45) is 0.992. The van der Waals surface area contributed by atoms with Crippen molar-refractivity contribution in [2.45, 2.75) is 36.8 Å². The zero-order chi connectivity index (χ0) is 18.9. The molecule has 142 valence electrons. The highest BCUT2D eigenvalue weighted by Crippen LogP contribution is 2.33. The number of methoxy groups -OCH3 is 1. The van der Waals surface area contributed by atoms with E-state index in [1.165, 1.54) is 11.4 Å². The number of ether oxygens (including phenoxy) is 1. The van der Waals surface area contributed by atoms with Crippen LogP contribution in [0.15, 0.2) is 29.2 Å². The first-order valence-electron chi connectivity index (χ1n) is 8.49. The van der Waals surface area contributed by atoms with Gasteiger partial charge < -0.3 is 10.1 Å². The SMILES string of the molecule is COCc1ccccc1S(=O)(=O)N1CCC(C2(C)NC(=O)NC2=O)CC1. The van der Waals surface area contributed by atoms with Crippen molar-refractivity contribution in [3.8, 4) is 0 Å². The molecule has 2 aliphatic heterocycles. The van der Waals surface area contributed by atoms with Gasteiger partial charge in [0.25, 0.3) is 5.91 Å². The van der Waals surface area contributed by atoms with E-state index in [9.17, 15) is 18.0 Å². The first-order chi connectivity index (χ1) is 12.3. The molecule has 1 unspecified atom stereocenters. The van der Waals surface area contributed by atoms with Crippen LogP contribution < -0.4 is 10.6 Å². The van der Waals surface area contributed by atoms with Gasteiger partial charge in [0.2, 0.25) is 10.0 Å². The number of carbonyl (C=O) groups excluding carboxylic acids is 2. The van der Waals surface area contributed by atoms with Crippen molar-refractivity contribution in [3.05, 3.63) is 29.8 Å². The van der Waals surface area contributed by atoms with Crippen LogP contribution in [0.25, 0.3) is 0 Å². The Morgan fingerprint density at radius 2 is 1.88 bits per heavy atom. The maximum atomic E-state index is 13.0. The molecule has 2 aliphatic rings. The number of amides is 3. The first kappa shape index (κ1) is 18.8. The van der Waals surface area contributed by atoms with E-state index in [0.29, 0.717) is 31.5 Å². The number of sulfonamides is 1. The molecular formula is C17H23N3O5S. The summed E-state index contributed by atoms with van der Waals surface area (Å²) < 4.78 is 32.6. The minimum Gasteiger partial charge on any atom is -0.380 e. The number of benzene rings is 1. The molecule has 3 rings (SSSR count). The van der Waals surface area contributed by atoms with Gasteiger partial charge in [-0.25, -0.2) is 13.2 Å². The molecule has 0 aliphatic carbocycles. The lowest BCUT2D eigenvalue weighted by Gasteiger charge is -2.38. The van der Waals surface area contributed by atoms with E-state index < -0.39 is 21.6 Å². The van der Waals surface area contributed by atoms with Gasteiger partial charge in [0.15, 0.2) is 0 Å². The second-order valence-corrected chi connectivity index (χ2v) is 8.74. The highest BCUT2D eigenvalue weighted by Gasteiger charge is 2.49. The van der Waals surface area contributed by atoms with Gasteiger partial charge in [-0.05, 0) is 37.3 Å². The molecule has 2 saturated heterocycles. The zero-order valence-corrected chi connectivity index (χ0v) is 15.6. The molecule has 0 aromatic heterocycles. The van der Waals surface area contributed by atoms with Crippen LogP contribution in [0.5, 0.6) is 0 Å². The Morgan fingerprint density at radius 1 is 1.23 bits per heavy atom. The molecule has 1 aromatic carbocycles. The number of hydrogen-bond acceptors (Lipinski definition) is 5. The molecule has 2 N–H and O–H groups in total. The summed E-state index contributed by atoms with van der Waals surface area (Å²) in [5.41, 5.74) is -0.368. The number of piperidine rings is 1. The molecule has 8 nitrogen and oxygen atoms in total. The predicted octanol–water partition coefficient (Wildman–Crippen LogP) is 0.832. The van der Waals surface area contributed by atoms with Crippen LogP contribution in [-0.4, -0.2) is 50.4 Å². The summed E-state index contributed by atoms with van der Waals surface area (Å²) in [5, 5.41) is 4.94. The fourth-order valence-corrected chi connectivity index (χ4v) is 5.37. The number of rotatable bonds is 5. The Kier molecular flexibility index (Phi) is 5.05. The van der Waals surface area contributed by atoms with Gasteiger partial charge in [-0.1, -0.05) is 18.2 Å². The van der Waals surface area contributed by atoms with Crippen LogP contribution in [0, 0.1) is 5.92 Å². The van der Waals surface area contributed by atoms with Crippen molar-refractivity contribution in [1.29, 1.82) is 0 Å². The average Bonchev–Trinajstić information content (AvgIpc) is 2.89. The monoisotopic (exact) mass is 381 g/mol. The third-order valence-electron chi connectivity index (χ3n) is 5.23. The number of hydrogen-bond donors (Lipinski definition) is 2. The Labute approximate surface area is 152 Å². The van der Waals surface area contributed by atoms with Gasteiger partial charge in [-0.2, -0.15) is 4.31 Å². The lowest BCUT2D eigenvalue weighted by atomic mass is 9.79. The Morgan fingerprint density at radius 3 is 2.46 bits per heavy atom. The molecule has 0 bridgehead atoms. The normalized spacial score (nSPS) is 25.2. The standard InChI is InChI=1S/C17H23N3O5S/c1-17(15(21)18-16(22)19-17)13-7-9-20(10-8-13)26(23,24)14-6-4-3-5-12(14)11-25-2/h3-6,13H,7-11H2,1-2H3,(H2,18,19,21,22). The van der Waals surface area contributed by atoms with Gasteiger partial charge in [0.1, 0.15) is 5.54 Å². The first-order valence-corrected chi connectivity index (χ1v) is 9.93. The lowest BCUT2D eigenvalue weighted by molar-refractivity contribution is -0.125. The Balaban J connectivity index is 1.76. The van der Waals surface area contributed by atoms with Crippen molar-refractivity contribution < 1.29 is 22.7 Å². The smallest absolute Gasteiger partial charge is 0.322 e. The number of imide groups is 1.